The first kappa shape index (κ1) is 22.3. The minimum absolute atomic E-state index is 0.236. The SMILES string of the molecule is COc1ccc(CNc2cnc3ccc4ccc(NS(C)(=O)=O)cc4c(=O)c3c2)c(OC)c1. The summed E-state index contributed by atoms with van der Waals surface area (Å²) in [5.41, 5.74) is 2.22. The molecule has 0 atom stereocenters. The Balaban J connectivity index is 1.72. The maximum Gasteiger partial charge on any atom is 0.229 e. The summed E-state index contributed by atoms with van der Waals surface area (Å²) in [5, 5.41) is 4.79. The van der Waals surface area contributed by atoms with E-state index < -0.39 is 10.0 Å². The van der Waals surface area contributed by atoms with Crippen LogP contribution in [0.2, 0.25) is 0 Å². The summed E-state index contributed by atoms with van der Waals surface area (Å²) in [5.74, 6) is 1.38. The molecule has 0 bridgehead atoms. The van der Waals surface area contributed by atoms with E-state index in [0.29, 0.717) is 51.1 Å². The van der Waals surface area contributed by atoms with Crippen LogP contribution in [0.15, 0.2) is 65.6 Å². The second-order valence-electron chi connectivity index (χ2n) is 7.53. The summed E-state index contributed by atoms with van der Waals surface area (Å²) >= 11 is 0. The van der Waals surface area contributed by atoms with Gasteiger partial charge in [0.05, 0.1) is 43.3 Å². The molecule has 170 valence electrons. The Morgan fingerprint density at radius 1 is 0.909 bits per heavy atom. The van der Waals surface area contributed by atoms with Gasteiger partial charge in [-0.05, 0) is 41.8 Å². The number of benzene rings is 2. The van der Waals surface area contributed by atoms with Crippen molar-refractivity contribution in [3.05, 3.63) is 76.6 Å². The number of nitrogens with one attached hydrogen (secondary N) is 2. The number of anilines is 2. The number of rotatable bonds is 7. The first-order valence-corrected chi connectivity index (χ1v) is 12.0. The third-order valence-electron chi connectivity index (χ3n) is 5.16. The molecule has 8 nitrogen and oxygen atoms in total. The summed E-state index contributed by atoms with van der Waals surface area (Å²) < 4.78 is 36.3. The van der Waals surface area contributed by atoms with E-state index in [2.05, 4.69) is 15.0 Å². The van der Waals surface area contributed by atoms with Crippen LogP contribution >= 0.6 is 0 Å². The Hall–Kier alpha value is -3.85. The van der Waals surface area contributed by atoms with E-state index in [1.54, 1.807) is 62.9 Å². The molecule has 0 aliphatic carbocycles. The largest absolute Gasteiger partial charge is 0.497 e. The van der Waals surface area contributed by atoms with Crippen molar-refractivity contribution in [2.24, 2.45) is 0 Å². The van der Waals surface area contributed by atoms with Gasteiger partial charge in [0.1, 0.15) is 11.5 Å². The molecular weight excluding hydrogens is 442 g/mol. The lowest BCUT2D eigenvalue weighted by Crippen LogP contribution is -2.10. The van der Waals surface area contributed by atoms with Gasteiger partial charge in [-0.15, -0.1) is 0 Å². The van der Waals surface area contributed by atoms with Crippen molar-refractivity contribution in [1.82, 2.24) is 4.98 Å². The Bertz CT molecular complexity index is 1520. The molecule has 4 rings (SSSR count). The zero-order valence-electron chi connectivity index (χ0n) is 18.4. The van der Waals surface area contributed by atoms with Gasteiger partial charge in [-0.2, -0.15) is 0 Å². The molecule has 0 amide bonds. The van der Waals surface area contributed by atoms with Gasteiger partial charge in [0.25, 0.3) is 0 Å². The molecule has 0 spiro atoms. The molecule has 0 saturated heterocycles. The number of methoxy groups -OCH3 is 2. The third-order valence-corrected chi connectivity index (χ3v) is 5.77. The zero-order valence-corrected chi connectivity index (χ0v) is 19.2. The number of aromatic nitrogens is 1. The maximum atomic E-state index is 13.3. The molecule has 0 saturated carbocycles. The third kappa shape index (κ3) is 4.98. The van der Waals surface area contributed by atoms with E-state index in [-0.39, 0.29) is 5.43 Å². The van der Waals surface area contributed by atoms with Gasteiger partial charge in [-0.25, -0.2) is 8.42 Å². The molecule has 0 aliphatic rings. The van der Waals surface area contributed by atoms with Gasteiger partial charge in [-0.1, -0.05) is 12.1 Å². The van der Waals surface area contributed by atoms with Crippen LogP contribution in [-0.4, -0.2) is 33.9 Å². The van der Waals surface area contributed by atoms with Crippen molar-refractivity contribution < 1.29 is 17.9 Å². The van der Waals surface area contributed by atoms with Crippen LogP contribution < -0.4 is 24.9 Å². The first-order valence-electron chi connectivity index (χ1n) is 10.1. The Morgan fingerprint density at radius 3 is 2.39 bits per heavy atom. The predicted octanol–water partition coefficient (Wildman–Crippen LogP) is 3.75. The second-order valence-corrected chi connectivity index (χ2v) is 9.28. The molecule has 0 unspecified atom stereocenters. The molecule has 4 aromatic rings. The summed E-state index contributed by atoms with van der Waals surface area (Å²) in [6.45, 7) is 0.455. The lowest BCUT2D eigenvalue weighted by atomic mass is 10.1. The van der Waals surface area contributed by atoms with E-state index >= 15 is 0 Å². The van der Waals surface area contributed by atoms with Crippen LogP contribution in [-0.2, 0) is 16.6 Å². The van der Waals surface area contributed by atoms with E-state index in [4.69, 9.17) is 9.47 Å². The van der Waals surface area contributed by atoms with Gasteiger partial charge >= 0.3 is 0 Å². The highest BCUT2D eigenvalue weighted by Crippen LogP contribution is 2.26. The van der Waals surface area contributed by atoms with Crippen molar-refractivity contribution in [3.63, 3.8) is 0 Å². The van der Waals surface area contributed by atoms with Crippen LogP contribution in [0.25, 0.3) is 21.7 Å². The first-order chi connectivity index (χ1) is 15.8. The van der Waals surface area contributed by atoms with Gasteiger partial charge in [0, 0.05) is 29.2 Å². The normalized spacial score (nSPS) is 11.4. The summed E-state index contributed by atoms with van der Waals surface area (Å²) in [7, 11) is -0.271. The summed E-state index contributed by atoms with van der Waals surface area (Å²) in [4.78, 5) is 17.8. The lowest BCUT2D eigenvalue weighted by Gasteiger charge is -2.12. The van der Waals surface area contributed by atoms with Crippen LogP contribution in [0.4, 0.5) is 11.4 Å². The van der Waals surface area contributed by atoms with Crippen molar-refractivity contribution in [2.75, 3.05) is 30.5 Å². The second kappa shape index (κ2) is 8.95. The Morgan fingerprint density at radius 2 is 1.67 bits per heavy atom. The quantitative estimate of drug-likeness (QED) is 0.428. The Labute approximate surface area is 191 Å². The predicted molar refractivity (Wildman–Crippen MR) is 131 cm³/mol. The summed E-state index contributed by atoms with van der Waals surface area (Å²) in [6, 6.07) is 15.8. The highest BCUT2D eigenvalue weighted by molar-refractivity contribution is 7.92. The maximum absolute atomic E-state index is 13.3. The number of fused-ring (bicyclic) bond motifs is 2. The van der Waals surface area contributed by atoms with E-state index in [1.165, 1.54) is 0 Å². The monoisotopic (exact) mass is 465 g/mol. The number of hydrogen-bond acceptors (Lipinski definition) is 7. The van der Waals surface area contributed by atoms with Gasteiger partial charge in [0.2, 0.25) is 10.0 Å². The molecule has 9 heteroatoms. The molecular formula is C24H23N3O5S. The van der Waals surface area contributed by atoms with E-state index in [0.717, 1.165) is 11.8 Å². The number of ether oxygens (including phenoxy) is 2. The molecule has 0 radical (unpaired) electrons. The van der Waals surface area contributed by atoms with Gasteiger partial charge in [0.15, 0.2) is 5.43 Å². The highest BCUT2D eigenvalue weighted by Gasteiger charge is 2.09. The average Bonchev–Trinajstić information content (AvgIpc) is 2.93. The molecule has 0 fully saturated rings. The molecule has 2 N–H and O–H groups in total. The van der Waals surface area contributed by atoms with E-state index in [9.17, 15) is 13.2 Å². The smallest absolute Gasteiger partial charge is 0.229 e. The number of sulfonamides is 1. The van der Waals surface area contributed by atoms with Gasteiger partial charge < -0.3 is 14.8 Å². The fourth-order valence-electron chi connectivity index (χ4n) is 3.57. The van der Waals surface area contributed by atoms with Crippen molar-refractivity contribution in [1.29, 1.82) is 0 Å². The van der Waals surface area contributed by atoms with Crippen molar-refractivity contribution >= 4 is 43.1 Å². The fraction of sp³-hybridized carbons (Fsp3) is 0.167. The van der Waals surface area contributed by atoms with Gasteiger partial charge in [-0.3, -0.25) is 14.5 Å². The van der Waals surface area contributed by atoms with Crippen molar-refractivity contribution in [2.45, 2.75) is 6.54 Å². The lowest BCUT2D eigenvalue weighted by molar-refractivity contribution is 0.391. The zero-order chi connectivity index (χ0) is 23.6. The van der Waals surface area contributed by atoms with Crippen molar-refractivity contribution in [3.8, 4) is 11.5 Å². The molecule has 33 heavy (non-hydrogen) atoms. The highest BCUT2D eigenvalue weighted by atomic mass is 32.2. The Kier molecular flexibility index (Phi) is 6.06. The number of nitrogens with zero attached hydrogens (tertiary/aromatic N) is 1. The summed E-state index contributed by atoms with van der Waals surface area (Å²) in [6.07, 6.45) is 2.73. The fourth-order valence-corrected chi connectivity index (χ4v) is 4.13. The molecule has 1 heterocycles. The van der Waals surface area contributed by atoms with E-state index in [1.807, 2.05) is 12.1 Å². The minimum atomic E-state index is -3.46. The van der Waals surface area contributed by atoms with Crippen LogP contribution in [0.1, 0.15) is 5.56 Å². The topological polar surface area (TPSA) is 107 Å². The van der Waals surface area contributed by atoms with Crippen LogP contribution in [0.5, 0.6) is 11.5 Å². The number of pyridine rings is 1. The number of hydrogen-bond donors (Lipinski definition) is 2. The van der Waals surface area contributed by atoms with Crippen LogP contribution in [0, 0.1) is 0 Å². The molecule has 0 aliphatic heterocycles. The molecule has 3 aromatic carbocycles. The average molecular weight is 466 g/mol. The minimum Gasteiger partial charge on any atom is -0.497 e. The van der Waals surface area contributed by atoms with Crippen LogP contribution in [0.3, 0.4) is 0 Å². The molecule has 1 aromatic heterocycles. The standard InChI is InChI=1S/C24H23N3O5S/c1-31-19-8-5-16(23(12-19)32-2)13-25-18-11-21-22(26-14-18)9-6-15-4-7-17(27-33(3,29)30)10-20(15)24(21)28/h4-12,14,25,27H,13H2,1-3H3.